The van der Waals surface area contributed by atoms with Crippen LogP contribution in [0.2, 0.25) is 0 Å². The average Bonchev–Trinajstić information content (AvgIpc) is 2.58. The minimum absolute atomic E-state index is 0.0674. The zero-order valence-electron chi connectivity index (χ0n) is 12.2. The summed E-state index contributed by atoms with van der Waals surface area (Å²) in [6.45, 7) is -0.864. The van der Waals surface area contributed by atoms with Crippen LogP contribution in [0.3, 0.4) is 0 Å². The van der Waals surface area contributed by atoms with E-state index in [-0.39, 0.29) is 5.56 Å². The molecule has 0 unspecified atom stereocenters. The molecule has 0 aliphatic heterocycles. The molecule has 23 heavy (non-hydrogen) atoms. The number of ketones is 1. The molecule has 2 aromatic carbocycles. The Balaban J connectivity index is 2.41. The Morgan fingerprint density at radius 1 is 1.09 bits per heavy atom. The van der Waals surface area contributed by atoms with E-state index in [0.717, 1.165) is 5.39 Å². The van der Waals surface area contributed by atoms with Crippen molar-refractivity contribution in [2.24, 2.45) is 5.73 Å². The number of Topliss-reactive ketones (excluding diaryl/α,β-unsaturated/α-hetero) is 1. The van der Waals surface area contributed by atoms with Crippen LogP contribution in [-0.2, 0) is 0 Å². The summed E-state index contributed by atoms with van der Waals surface area (Å²) >= 11 is 0. The molecular formula is C16H19NO6. The highest BCUT2D eigenvalue weighted by Crippen LogP contribution is 2.24. The molecule has 0 bridgehead atoms. The average molecular weight is 321 g/mol. The van der Waals surface area contributed by atoms with Crippen molar-refractivity contribution in [2.45, 2.75) is 24.0 Å². The number of nitrogens with two attached hydrogens (primary N) is 1. The summed E-state index contributed by atoms with van der Waals surface area (Å²) in [6, 6.07) is 11.7. The van der Waals surface area contributed by atoms with Gasteiger partial charge in [0.05, 0.1) is 6.61 Å². The Labute approximate surface area is 132 Å². The number of rotatable bonds is 6. The van der Waals surface area contributed by atoms with Crippen molar-refractivity contribution in [3.63, 3.8) is 0 Å². The Bertz CT molecular complexity index is 697. The standard InChI is InChI=1S/C16H19NO6/c17-16(23,15(22)13(20)12(19)8-18)14(21)11-7-3-5-9-4-1-2-6-10(9)11/h1-7,12-13,15,18-20,22-23H,8,17H2/t12-,13+,15+,16+/m1/s1. The van der Waals surface area contributed by atoms with Gasteiger partial charge in [0.1, 0.15) is 18.3 Å². The van der Waals surface area contributed by atoms with E-state index in [9.17, 15) is 25.2 Å². The van der Waals surface area contributed by atoms with Crippen LogP contribution in [-0.4, -0.2) is 62.0 Å². The van der Waals surface area contributed by atoms with Crippen LogP contribution >= 0.6 is 0 Å². The van der Waals surface area contributed by atoms with E-state index in [1.165, 1.54) is 6.07 Å². The third-order valence-corrected chi connectivity index (χ3v) is 3.75. The number of aliphatic hydroxyl groups excluding tert-OH is 4. The van der Waals surface area contributed by atoms with Gasteiger partial charge in [0.15, 0.2) is 0 Å². The summed E-state index contributed by atoms with van der Waals surface area (Å²) in [7, 11) is 0. The van der Waals surface area contributed by atoms with Gasteiger partial charge in [0.25, 0.3) is 0 Å². The molecule has 0 fully saturated rings. The molecule has 4 atom stereocenters. The molecule has 0 radical (unpaired) electrons. The normalized spacial score (nSPS) is 18.2. The summed E-state index contributed by atoms with van der Waals surface area (Å²) < 4.78 is 0. The molecule has 2 aromatic rings. The fraction of sp³-hybridized carbons (Fsp3) is 0.312. The van der Waals surface area contributed by atoms with Crippen molar-refractivity contribution in [2.75, 3.05) is 6.61 Å². The van der Waals surface area contributed by atoms with Crippen LogP contribution in [0.5, 0.6) is 0 Å². The van der Waals surface area contributed by atoms with Crippen molar-refractivity contribution in [3.05, 3.63) is 48.0 Å². The SMILES string of the molecule is N[C@](O)(C(=O)c1cccc2ccccc12)[C@@H](O)[C@@H](O)[C@H](O)CO. The minimum Gasteiger partial charge on any atom is -0.394 e. The topological polar surface area (TPSA) is 144 Å². The van der Waals surface area contributed by atoms with Gasteiger partial charge in [-0.3, -0.25) is 10.5 Å². The predicted molar refractivity (Wildman–Crippen MR) is 82.5 cm³/mol. The largest absolute Gasteiger partial charge is 0.394 e. The van der Waals surface area contributed by atoms with Gasteiger partial charge in [0.2, 0.25) is 11.5 Å². The number of hydrogen-bond acceptors (Lipinski definition) is 7. The Kier molecular flexibility index (Phi) is 5.10. The van der Waals surface area contributed by atoms with Crippen LogP contribution in [0, 0.1) is 0 Å². The third-order valence-electron chi connectivity index (χ3n) is 3.75. The first-order chi connectivity index (χ1) is 10.8. The van der Waals surface area contributed by atoms with E-state index in [1.54, 1.807) is 36.4 Å². The maximum Gasteiger partial charge on any atom is 0.212 e. The fourth-order valence-electron chi connectivity index (χ4n) is 2.35. The molecule has 0 saturated carbocycles. The van der Waals surface area contributed by atoms with Crippen molar-refractivity contribution in [3.8, 4) is 0 Å². The number of benzene rings is 2. The molecule has 0 saturated heterocycles. The lowest BCUT2D eigenvalue weighted by molar-refractivity contribution is -0.139. The number of fused-ring (bicyclic) bond motifs is 1. The second-order valence-corrected chi connectivity index (χ2v) is 5.37. The molecule has 0 amide bonds. The Morgan fingerprint density at radius 2 is 1.70 bits per heavy atom. The van der Waals surface area contributed by atoms with E-state index in [4.69, 9.17) is 10.8 Å². The maximum absolute atomic E-state index is 12.5. The van der Waals surface area contributed by atoms with E-state index in [2.05, 4.69) is 0 Å². The zero-order chi connectivity index (χ0) is 17.2. The summed E-state index contributed by atoms with van der Waals surface area (Å²) in [6.07, 6.45) is -5.93. The highest BCUT2D eigenvalue weighted by atomic mass is 16.4. The van der Waals surface area contributed by atoms with Crippen LogP contribution in [0.15, 0.2) is 42.5 Å². The van der Waals surface area contributed by atoms with Gasteiger partial charge in [-0.25, -0.2) is 0 Å². The van der Waals surface area contributed by atoms with Gasteiger partial charge in [-0.1, -0.05) is 42.5 Å². The smallest absolute Gasteiger partial charge is 0.212 e. The van der Waals surface area contributed by atoms with Crippen LogP contribution in [0.25, 0.3) is 10.8 Å². The van der Waals surface area contributed by atoms with Gasteiger partial charge in [-0.15, -0.1) is 0 Å². The highest BCUT2D eigenvalue weighted by molar-refractivity contribution is 6.11. The lowest BCUT2D eigenvalue weighted by Crippen LogP contribution is -2.63. The summed E-state index contributed by atoms with van der Waals surface area (Å²) in [5.41, 5.74) is 2.76. The minimum atomic E-state index is -2.83. The fourth-order valence-corrected chi connectivity index (χ4v) is 2.35. The monoisotopic (exact) mass is 321 g/mol. The number of aliphatic hydroxyl groups is 5. The molecule has 124 valence electrons. The van der Waals surface area contributed by atoms with Crippen LogP contribution in [0.4, 0.5) is 0 Å². The van der Waals surface area contributed by atoms with Gasteiger partial charge in [0, 0.05) is 5.56 Å². The van der Waals surface area contributed by atoms with E-state index in [1.807, 2.05) is 0 Å². The maximum atomic E-state index is 12.5. The molecule has 7 nitrogen and oxygen atoms in total. The second-order valence-electron chi connectivity index (χ2n) is 5.37. The molecule has 2 rings (SSSR count). The quantitative estimate of drug-likeness (QED) is 0.288. The van der Waals surface area contributed by atoms with Gasteiger partial charge in [-0.2, -0.15) is 0 Å². The van der Waals surface area contributed by atoms with Crippen molar-refractivity contribution in [1.29, 1.82) is 0 Å². The van der Waals surface area contributed by atoms with Gasteiger partial charge < -0.3 is 25.5 Å². The molecule has 0 aliphatic rings. The lowest BCUT2D eigenvalue weighted by Gasteiger charge is -2.32. The summed E-state index contributed by atoms with van der Waals surface area (Å²) in [4.78, 5) is 12.5. The number of hydrogen-bond donors (Lipinski definition) is 6. The molecule has 7 heteroatoms. The van der Waals surface area contributed by atoms with Gasteiger partial charge in [-0.05, 0) is 10.8 Å². The first kappa shape index (κ1) is 17.5. The first-order valence-corrected chi connectivity index (χ1v) is 6.99. The zero-order valence-corrected chi connectivity index (χ0v) is 12.2. The highest BCUT2D eigenvalue weighted by Gasteiger charge is 2.45. The lowest BCUT2D eigenvalue weighted by atomic mass is 9.89. The Morgan fingerprint density at radius 3 is 2.35 bits per heavy atom. The van der Waals surface area contributed by atoms with E-state index >= 15 is 0 Å². The third kappa shape index (κ3) is 3.25. The predicted octanol–water partition coefficient (Wildman–Crippen LogP) is -1.26. The number of carbonyl (C=O) groups is 1. The molecule has 0 spiro atoms. The Hall–Kier alpha value is -1.87. The second kappa shape index (κ2) is 6.71. The molecular weight excluding hydrogens is 302 g/mol. The molecule has 0 heterocycles. The summed E-state index contributed by atoms with van der Waals surface area (Å²) in [5.74, 6) is -1.01. The molecule has 7 N–H and O–H groups in total. The van der Waals surface area contributed by atoms with Crippen molar-refractivity contribution in [1.82, 2.24) is 0 Å². The molecule has 0 aromatic heterocycles. The van der Waals surface area contributed by atoms with Crippen molar-refractivity contribution >= 4 is 16.6 Å². The van der Waals surface area contributed by atoms with Crippen LogP contribution < -0.4 is 5.73 Å². The summed E-state index contributed by atoms with van der Waals surface area (Å²) in [5, 5.41) is 49.2. The van der Waals surface area contributed by atoms with E-state index in [0.29, 0.717) is 5.39 Å². The van der Waals surface area contributed by atoms with E-state index < -0.39 is 36.4 Å². The molecule has 0 aliphatic carbocycles. The van der Waals surface area contributed by atoms with Gasteiger partial charge >= 0.3 is 0 Å². The first-order valence-electron chi connectivity index (χ1n) is 6.99. The van der Waals surface area contributed by atoms with Crippen LogP contribution in [0.1, 0.15) is 10.4 Å². The number of carbonyl (C=O) groups excluding carboxylic acids is 1. The van der Waals surface area contributed by atoms with Crippen molar-refractivity contribution < 1.29 is 30.3 Å².